The molecule has 0 bridgehead atoms. The molecule has 0 saturated carbocycles. The van der Waals surface area contributed by atoms with Crippen LogP contribution in [0.2, 0.25) is 0 Å². The fourth-order valence-corrected chi connectivity index (χ4v) is 2.87. The Kier molecular flexibility index (Phi) is 3.07. The van der Waals surface area contributed by atoms with E-state index < -0.39 is 15.8 Å². The first kappa shape index (κ1) is 13.8. The van der Waals surface area contributed by atoms with Crippen molar-refractivity contribution in [3.05, 3.63) is 54.0 Å². The third-order valence-electron chi connectivity index (χ3n) is 3.40. The Balaban J connectivity index is 2.22. The predicted molar refractivity (Wildman–Crippen MR) is 79.8 cm³/mol. The highest BCUT2D eigenvalue weighted by molar-refractivity contribution is 7.89. The molecule has 2 aromatic carbocycles. The number of nitrogens with two attached hydrogens (primary N) is 1. The van der Waals surface area contributed by atoms with Gasteiger partial charge in [-0.2, -0.15) is 0 Å². The number of hydrogen-bond acceptors (Lipinski definition) is 2. The molecule has 1 aromatic heterocycles. The monoisotopic (exact) mass is 304 g/mol. The maximum atomic E-state index is 14.2. The molecule has 0 radical (unpaired) electrons. The van der Waals surface area contributed by atoms with Gasteiger partial charge in [0.1, 0.15) is 5.82 Å². The maximum absolute atomic E-state index is 14.2. The quantitative estimate of drug-likeness (QED) is 0.763. The first-order valence-electron chi connectivity index (χ1n) is 6.27. The van der Waals surface area contributed by atoms with Crippen LogP contribution in [0, 0.1) is 12.7 Å². The van der Waals surface area contributed by atoms with Crippen molar-refractivity contribution in [2.45, 2.75) is 11.8 Å². The minimum absolute atomic E-state index is 0.236. The standard InChI is InChI=1S/C15H13FN2O2S/c1-9-2-5-15-12(6-9)13(8-18-15)11-4-3-10(7-14(11)16)21(17,19)20/h2-8,18H,1H3,(H2,17,19,20). The van der Waals surface area contributed by atoms with E-state index in [9.17, 15) is 12.8 Å². The van der Waals surface area contributed by atoms with E-state index in [1.165, 1.54) is 12.1 Å². The molecule has 6 heteroatoms. The van der Waals surface area contributed by atoms with E-state index in [0.29, 0.717) is 11.1 Å². The molecule has 3 N–H and O–H groups in total. The van der Waals surface area contributed by atoms with Gasteiger partial charge in [-0.25, -0.2) is 17.9 Å². The van der Waals surface area contributed by atoms with Crippen molar-refractivity contribution < 1.29 is 12.8 Å². The molecule has 21 heavy (non-hydrogen) atoms. The molecule has 0 fully saturated rings. The van der Waals surface area contributed by atoms with Gasteiger partial charge in [0, 0.05) is 28.2 Å². The van der Waals surface area contributed by atoms with Crippen LogP contribution in [0.4, 0.5) is 4.39 Å². The molecule has 0 aliphatic heterocycles. The van der Waals surface area contributed by atoms with Crippen LogP contribution in [0.5, 0.6) is 0 Å². The number of fused-ring (bicyclic) bond motifs is 1. The van der Waals surface area contributed by atoms with Gasteiger partial charge in [0.25, 0.3) is 0 Å². The summed E-state index contributed by atoms with van der Waals surface area (Å²) >= 11 is 0. The van der Waals surface area contributed by atoms with Crippen LogP contribution in [-0.2, 0) is 10.0 Å². The molecule has 0 amide bonds. The van der Waals surface area contributed by atoms with Crippen LogP contribution < -0.4 is 5.14 Å². The predicted octanol–water partition coefficient (Wildman–Crippen LogP) is 2.93. The summed E-state index contributed by atoms with van der Waals surface area (Å²) in [5.74, 6) is -0.621. The Bertz CT molecular complexity index is 945. The van der Waals surface area contributed by atoms with E-state index in [1.54, 1.807) is 6.20 Å². The normalized spacial score (nSPS) is 12.0. The first-order chi connectivity index (χ1) is 9.86. The summed E-state index contributed by atoms with van der Waals surface area (Å²) in [5.41, 5.74) is 2.97. The number of aromatic amines is 1. The Labute approximate surface area is 121 Å². The van der Waals surface area contributed by atoms with Crippen molar-refractivity contribution in [2.75, 3.05) is 0 Å². The molecule has 1 heterocycles. The number of nitrogens with one attached hydrogen (secondary N) is 1. The van der Waals surface area contributed by atoms with E-state index in [2.05, 4.69) is 4.98 Å². The van der Waals surface area contributed by atoms with Gasteiger partial charge in [-0.1, -0.05) is 17.7 Å². The second-order valence-corrected chi connectivity index (χ2v) is 6.50. The van der Waals surface area contributed by atoms with Gasteiger partial charge >= 0.3 is 0 Å². The van der Waals surface area contributed by atoms with Gasteiger partial charge in [0.2, 0.25) is 10.0 Å². The molecule has 0 aliphatic carbocycles. The number of aryl methyl sites for hydroxylation is 1. The average molecular weight is 304 g/mol. The molecule has 0 aliphatic rings. The highest BCUT2D eigenvalue weighted by atomic mass is 32.2. The van der Waals surface area contributed by atoms with Crippen LogP contribution in [-0.4, -0.2) is 13.4 Å². The number of hydrogen-bond donors (Lipinski definition) is 2. The highest BCUT2D eigenvalue weighted by Crippen LogP contribution is 2.31. The van der Waals surface area contributed by atoms with Gasteiger partial charge in [-0.15, -0.1) is 0 Å². The van der Waals surface area contributed by atoms with E-state index in [0.717, 1.165) is 22.5 Å². The largest absolute Gasteiger partial charge is 0.361 e. The van der Waals surface area contributed by atoms with E-state index >= 15 is 0 Å². The molecule has 0 spiro atoms. The number of primary sulfonamides is 1. The van der Waals surface area contributed by atoms with Crippen LogP contribution in [0.3, 0.4) is 0 Å². The summed E-state index contributed by atoms with van der Waals surface area (Å²) in [4.78, 5) is 2.84. The maximum Gasteiger partial charge on any atom is 0.238 e. The number of benzene rings is 2. The van der Waals surface area contributed by atoms with Gasteiger partial charge in [-0.05, 0) is 31.2 Å². The highest BCUT2D eigenvalue weighted by Gasteiger charge is 2.15. The number of aromatic nitrogens is 1. The van der Waals surface area contributed by atoms with E-state index in [1.807, 2.05) is 25.1 Å². The molecule has 3 aromatic rings. The van der Waals surface area contributed by atoms with Crippen molar-refractivity contribution in [3.8, 4) is 11.1 Å². The summed E-state index contributed by atoms with van der Waals surface area (Å²) < 4.78 is 36.7. The molecular formula is C15H13FN2O2S. The van der Waals surface area contributed by atoms with Gasteiger partial charge in [-0.3, -0.25) is 0 Å². The summed E-state index contributed by atoms with van der Waals surface area (Å²) in [6.45, 7) is 1.96. The zero-order valence-corrected chi connectivity index (χ0v) is 12.0. The van der Waals surface area contributed by atoms with Gasteiger partial charge < -0.3 is 4.98 Å². The molecule has 0 atom stereocenters. The van der Waals surface area contributed by atoms with Gasteiger partial charge in [0.15, 0.2) is 0 Å². The second-order valence-electron chi connectivity index (χ2n) is 4.94. The van der Waals surface area contributed by atoms with Crippen molar-refractivity contribution in [2.24, 2.45) is 5.14 Å². The van der Waals surface area contributed by atoms with E-state index in [4.69, 9.17) is 5.14 Å². The smallest absolute Gasteiger partial charge is 0.238 e. The third kappa shape index (κ3) is 2.43. The van der Waals surface area contributed by atoms with Gasteiger partial charge in [0.05, 0.1) is 4.90 Å². The number of sulfonamides is 1. The molecular weight excluding hydrogens is 291 g/mol. The lowest BCUT2D eigenvalue weighted by Gasteiger charge is -2.05. The molecule has 4 nitrogen and oxygen atoms in total. The molecule has 108 valence electrons. The summed E-state index contributed by atoms with van der Waals surface area (Å²) in [7, 11) is -3.91. The Morgan fingerprint density at radius 3 is 2.52 bits per heavy atom. The van der Waals surface area contributed by atoms with Crippen molar-refractivity contribution in [3.63, 3.8) is 0 Å². The zero-order valence-electron chi connectivity index (χ0n) is 11.2. The van der Waals surface area contributed by atoms with Crippen molar-refractivity contribution in [1.29, 1.82) is 0 Å². The number of H-pyrrole nitrogens is 1. The summed E-state index contributed by atoms with van der Waals surface area (Å²) in [6.07, 6.45) is 1.71. The topological polar surface area (TPSA) is 76.0 Å². The Morgan fingerprint density at radius 2 is 1.86 bits per heavy atom. The summed E-state index contributed by atoms with van der Waals surface area (Å²) in [5, 5.41) is 5.89. The lowest BCUT2D eigenvalue weighted by molar-refractivity contribution is 0.593. The fourth-order valence-electron chi connectivity index (χ4n) is 2.35. The Morgan fingerprint density at radius 1 is 1.10 bits per heavy atom. The third-order valence-corrected chi connectivity index (χ3v) is 4.31. The molecule has 0 unspecified atom stereocenters. The minimum Gasteiger partial charge on any atom is -0.361 e. The van der Waals surface area contributed by atoms with Crippen LogP contribution in [0.1, 0.15) is 5.56 Å². The Hall–Kier alpha value is -2.18. The first-order valence-corrected chi connectivity index (χ1v) is 7.81. The lowest BCUT2D eigenvalue weighted by atomic mass is 10.0. The average Bonchev–Trinajstić information content (AvgIpc) is 2.80. The second kappa shape index (κ2) is 4.68. The summed E-state index contributed by atoms with van der Waals surface area (Å²) in [6, 6.07) is 9.52. The number of rotatable bonds is 2. The molecule has 3 rings (SSSR count). The van der Waals surface area contributed by atoms with Crippen molar-refractivity contribution in [1.82, 2.24) is 4.98 Å². The molecule has 0 saturated heterocycles. The SMILES string of the molecule is Cc1ccc2[nH]cc(-c3ccc(S(N)(=O)=O)cc3F)c2c1. The van der Waals surface area contributed by atoms with Crippen LogP contribution in [0.25, 0.3) is 22.0 Å². The zero-order chi connectivity index (χ0) is 15.2. The number of halogens is 1. The fraction of sp³-hybridized carbons (Fsp3) is 0.0667. The lowest BCUT2D eigenvalue weighted by Crippen LogP contribution is -2.12. The van der Waals surface area contributed by atoms with Crippen LogP contribution in [0.15, 0.2) is 47.5 Å². The minimum atomic E-state index is -3.91. The van der Waals surface area contributed by atoms with Crippen molar-refractivity contribution >= 4 is 20.9 Å². The van der Waals surface area contributed by atoms with Crippen LogP contribution >= 0.6 is 0 Å². The van der Waals surface area contributed by atoms with E-state index in [-0.39, 0.29) is 4.90 Å².